The lowest BCUT2D eigenvalue weighted by Gasteiger charge is -2.24. The van der Waals surface area contributed by atoms with Crippen molar-refractivity contribution in [3.05, 3.63) is 12.2 Å². The Balaban J connectivity index is 1.76. The summed E-state index contributed by atoms with van der Waals surface area (Å²) < 4.78 is 7.62. The zero-order valence-corrected chi connectivity index (χ0v) is 11.4. The number of nitrogens with zero attached hydrogens (tertiary/aromatic N) is 3. The number of ether oxygens (including phenoxy) is 1. The molecule has 18 heavy (non-hydrogen) atoms. The average molecular weight is 252 g/mol. The third-order valence-electron chi connectivity index (χ3n) is 3.75. The van der Waals surface area contributed by atoms with Crippen LogP contribution in [0.2, 0.25) is 0 Å². The fraction of sp³-hybridized carbons (Fsp3) is 0.846. The van der Waals surface area contributed by atoms with Crippen LogP contribution in [0.25, 0.3) is 0 Å². The molecule has 0 spiro atoms. The second-order valence-corrected chi connectivity index (χ2v) is 5.06. The van der Waals surface area contributed by atoms with Gasteiger partial charge in [-0.15, -0.1) is 0 Å². The first-order valence-corrected chi connectivity index (χ1v) is 6.91. The van der Waals surface area contributed by atoms with E-state index in [0.717, 1.165) is 31.7 Å². The molecule has 0 bridgehead atoms. The van der Waals surface area contributed by atoms with E-state index in [1.54, 1.807) is 6.33 Å². The van der Waals surface area contributed by atoms with E-state index in [2.05, 4.69) is 15.4 Å². The number of aryl methyl sites for hydroxylation is 1. The molecule has 1 N–H and O–H groups in total. The molecular weight excluding hydrogens is 228 g/mol. The first-order valence-electron chi connectivity index (χ1n) is 6.91. The molecule has 2 atom stereocenters. The monoisotopic (exact) mass is 252 g/mol. The summed E-state index contributed by atoms with van der Waals surface area (Å²) in [6.45, 7) is 0.943. The number of likely N-dealkylation sites (N-methyl/N-ethyl adjacent to an activating group) is 1. The van der Waals surface area contributed by atoms with Crippen LogP contribution in [-0.4, -0.2) is 40.6 Å². The van der Waals surface area contributed by atoms with Crippen LogP contribution in [0.1, 0.15) is 37.9 Å². The van der Waals surface area contributed by atoms with E-state index < -0.39 is 0 Å². The second-order valence-electron chi connectivity index (χ2n) is 5.06. The number of hydrogen-bond donors (Lipinski definition) is 1. The molecule has 2 rings (SSSR count). The molecule has 1 aromatic rings. The van der Waals surface area contributed by atoms with Crippen molar-refractivity contribution in [2.45, 2.75) is 50.7 Å². The summed E-state index contributed by atoms with van der Waals surface area (Å²) in [6, 6.07) is 0.457. The summed E-state index contributed by atoms with van der Waals surface area (Å²) in [5, 5.41) is 7.48. The summed E-state index contributed by atoms with van der Waals surface area (Å²) in [6.07, 6.45) is 9.06. The van der Waals surface area contributed by atoms with Crippen molar-refractivity contribution in [3.63, 3.8) is 0 Å². The van der Waals surface area contributed by atoms with Gasteiger partial charge in [-0.2, -0.15) is 5.10 Å². The minimum atomic E-state index is 0.457. The standard InChI is InChI=1S/C13H24N4O/c1-14-11(9-13-15-10-16-17(13)2)6-7-12-5-3-4-8-18-12/h10-12,14H,3-9H2,1-2H3. The molecule has 2 unspecified atom stereocenters. The zero-order chi connectivity index (χ0) is 12.8. The van der Waals surface area contributed by atoms with Crippen LogP contribution in [0.4, 0.5) is 0 Å². The van der Waals surface area contributed by atoms with Crippen LogP contribution in [-0.2, 0) is 18.2 Å². The Kier molecular flexibility index (Phi) is 5.13. The average Bonchev–Trinajstić information content (AvgIpc) is 2.81. The molecule has 0 aromatic carbocycles. The second kappa shape index (κ2) is 6.85. The zero-order valence-electron chi connectivity index (χ0n) is 11.4. The highest BCUT2D eigenvalue weighted by Crippen LogP contribution is 2.18. The number of nitrogens with one attached hydrogen (secondary N) is 1. The van der Waals surface area contributed by atoms with Crippen molar-refractivity contribution in [3.8, 4) is 0 Å². The Morgan fingerprint density at radius 3 is 3.06 bits per heavy atom. The summed E-state index contributed by atoms with van der Waals surface area (Å²) in [4.78, 5) is 4.28. The van der Waals surface area contributed by atoms with E-state index in [1.807, 2.05) is 18.8 Å². The van der Waals surface area contributed by atoms with Gasteiger partial charge in [-0.05, 0) is 39.2 Å². The van der Waals surface area contributed by atoms with Crippen LogP contribution in [0.3, 0.4) is 0 Å². The summed E-state index contributed by atoms with van der Waals surface area (Å²) in [5.74, 6) is 1.04. The molecular formula is C13H24N4O. The van der Waals surface area contributed by atoms with E-state index >= 15 is 0 Å². The van der Waals surface area contributed by atoms with Gasteiger partial charge in [0.1, 0.15) is 12.2 Å². The van der Waals surface area contributed by atoms with Gasteiger partial charge in [-0.25, -0.2) is 4.98 Å². The molecule has 1 fully saturated rings. The first-order chi connectivity index (χ1) is 8.79. The Labute approximate surface area is 109 Å². The molecule has 102 valence electrons. The predicted molar refractivity (Wildman–Crippen MR) is 70.4 cm³/mol. The van der Waals surface area contributed by atoms with E-state index in [1.165, 1.54) is 19.3 Å². The third kappa shape index (κ3) is 3.78. The molecule has 0 amide bonds. The number of hydrogen-bond acceptors (Lipinski definition) is 4. The highest BCUT2D eigenvalue weighted by atomic mass is 16.5. The van der Waals surface area contributed by atoms with Crippen molar-refractivity contribution in [2.24, 2.45) is 7.05 Å². The van der Waals surface area contributed by atoms with Crippen molar-refractivity contribution < 1.29 is 4.74 Å². The van der Waals surface area contributed by atoms with Crippen molar-refractivity contribution >= 4 is 0 Å². The Morgan fingerprint density at radius 2 is 2.44 bits per heavy atom. The van der Waals surface area contributed by atoms with Gasteiger partial charge in [0.2, 0.25) is 0 Å². The van der Waals surface area contributed by atoms with Crippen molar-refractivity contribution in [1.82, 2.24) is 20.1 Å². The van der Waals surface area contributed by atoms with Gasteiger partial charge < -0.3 is 10.1 Å². The Bertz CT molecular complexity index is 347. The van der Waals surface area contributed by atoms with Crippen molar-refractivity contribution in [2.75, 3.05) is 13.7 Å². The molecule has 1 aromatic heterocycles. The summed E-state index contributed by atoms with van der Waals surface area (Å²) in [5.41, 5.74) is 0. The molecule has 5 nitrogen and oxygen atoms in total. The summed E-state index contributed by atoms with van der Waals surface area (Å²) >= 11 is 0. The van der Waals surface area contributed by atoms with Gasteiger partial charge in [0.25, 0.3) is 0 Å². The van der Waals surface area contributed by atoms with Crippen LogP contribution in [0.5, 0.6) is 0 Å². The summed E-state index contributed by atoms with van der Waals surface area (Å²) in [7, 11) is 3.96. The van der Waals surface area contributed by atoms with E-state index in [4.69, 9.17) is 4.74 Å². The molecule has 0 aliphatic carbocycles. The van der Waals surface area contributed by atoms with Gasteiger partial charge in [0, 0.05) is 26.1 Å². The maximum absolute atomic E-state index is 5.77. The van der Waals surface area contributed by atoms with Gasteiger partial charge in [-0.3, -0.25) is 4.68 Å². The van der Waals surface area contributed by atoms with Gasteiger partial charge in [0.05, 0.1) is 6.10 Å². The van der Waals surface area contributed by atoms with Crippen LogP contribution in [0, 0.1) is 0 Å². The topological polar surface area (TPSA) is 52.0 Å². The molecule has 1 aliphatic heterocycles. The van der Waals surface area contributed by atoms with Gasteiger partial charge in [0.15, 0.2) is 0 Å². The lowest BCUT2D eigenvalue weighted by molar-refractivity contribution is 0.00866. The minimum absolute atomic E-state index is 0.457. The normalized spacial score (nSPS) is 22.0. The third-order valence-corrected chi connectivity index (χ3v) is 3.75. The fourth-order valence-corrected chi connectivity index (χ4v) is 2.50. The van der Waals surface area contributed by atoms with E-state index in [9.17, 15) is 0 Å². The quantitative estimate of drug-likeness (QED) is 0.829. The van der Waals surface area contributed by atoms with E-state index in [0.29, 0.717) is 12.1 Å². The maximum atomic E-state index is 5.77. The van der Waals surface area contributed by atoms with Gasteiger partial charge in [-0.1, -0.05) is 0 Å². The van der Waals surface area contributed by atoms with Crippen molar-refractivity contribution in [1.29, 1.82) is 0 Å². The lowest BCUT2D eigenvalue weighted by atomic mass is 10.00. The molecule has 1 aliphatic rings. The predicted octanol–water partition coefficient (Wildman–Crippen LogP) is 1.29. The lowest BCUT2D eigenvalue weighted by Crippen LogP contribution is -2.31. The minimum Gasteiger partial charge on any atom is -0.378 e. The molecule has 0 radical (unpaired) electrons. The smallest absolute Gasteiger partial charge is 0.138 e. The Hall–Kier alpha value is -0.940. The van der Waals surface area contributed by atoms with Crippen LogP contribution in [0.15, 0.2) is 6.33 Å². The number of aromatic nitrogens is 3. The number of rotatable bonds is 6. The van der Waals surface area contributed by atoms with Crippen LogP contribution < -0.4 is 5.32 Å². The maximum Gasteiger partial charge on any atom is 0.138 e. The molecule has 5 heteroatoms. The fourth-order valence-electron chi connectivity index (χ4n) is 2.50. The highest BCUT2D eigenvalue weighted by molar-refractivity contribution is 4.89. The molecule has 0 saturated carbocycles. The molecule has 1 saturated heterocycles. The SMILES string of the molecule is CNC(CCC1CCCCO1)Cc1ncnn1C. The molecule has 2 heterocycles. The van der Waals surface area contributed by atoms with E-state index in [-0.39, 0.29) is 0 Å². The largest absolute Gasteiger partial charge is 0.378 e. The highest BCUT2D eigenvalue weighted by Gasteiger charge is 2.17. The van der Waals surface area contributed by atoms with Crippen LogP contribution >= 0.6 is 0 Å². The Morgan fingerprint density at radius 1 is 1.56 bits per heavy atom. The first kappa shape index (κ1) is 13.5. The van der Waals surface area contributed by atoms with Gasteiger partial charge >= 0.3 is 0 Å².